The maximum absolute atomic E-state index is 13.0. The SMILES string of the molecule is COc1cccc(SCC(=O)N2N=C(c3cccs3)CC2c2cccs2)c1. The molecule has 0 saturated heterocycles. The molecule has 1 unspecified atom stereocenters. The molecule has 1 aliphatic rings. The molecule has 3 aromatic rings. The molecular weight excluding hydrogens is 396 g/mol. The third kappa shape index (κ3) is 4.10. The zero-order valence-electron chi connectivity index (χ0n) is 14.7. The highest BCUT2D eigenvalue weighted by Gasteiger charge is 2.33. The van der Waals surface area contributed by atoms with E-state index in [-0.39, 0.29) is 11.9 Å². The van der Waals surface area contributed by atoms with Crippen LogP contribution in [0.3, 0.4) is 0 Å². The number of nitrogens with zero attached hydrogens (tertiary/aromatic N) is 2. The molecule has 1 aromatic carbocycles. The number of rotatable bonds is 6. The van der Waals surface area contributed by atoms with Crippen molar-refractivity contribution < 1.29 is 9.53 Å². The molecule has 0 radical (unpaired) electrons. The maximum atomic E-state index is 13.0. The van der Waals surface area contributed by atoms with Crippen LogP contribution in [0.15, 0.2) is 69.3 Å². The summed E-state index contributed by atoms with van der Waals surface area (Å²) in [6.07, 6.45) is 0.761. The second-order valence-electron chi connectivity index (χ2n) is 5.97. The van der Waals surface area contributed by atoms with Gasteiger partial charge in [-0.1, -0.05) is 18.2 Å². The number of hydrogen-bond acceptors (Lipinski definition) is 6. The summed E-state index contributed by atoms with van der Waals surface area (Å²) >= 11 is 4.84. The largest absolute Gasteiger partial charge is 0.497 e. The first-order valence-corrected chi connectivity index (χ1v) is 11.2. The van der Waals surface area contributed by atoms with Crippen molar-refractivity contribution >= 4 is 46.1 Å². The number of hydrazone groups is 1. The Kier molecular flexibility index (Phi) is 5.61. The Morgan fingerprint density at radius 2 is 2.07 bits per heavy atom. The van der Waals surface area contributed by atoms with E-state index in [9.17, 15) is 4.79 Å². The van der Waals surface area contributed by atoms with Crippen LogP contribution < -0.4 is 4.74 Å². The molecule has 1 aliphatic heterocycles. The zero-order chi connectivity index (χ0) is 18.6. The first kappa shape index (κ1) is 18.3. The normalized spacial score (nSPS) is 16.4. The molecule has 7 heteroatoms. The Morgan fingerprint density at radius 3 is 2.81 bits per heavy atom. The van der Waals surface area contributed by atoms with E-state index in [1.54, 1.807) is 34.8 Å². The van der Waals surface area contributed by atoms with E-state index in [0.717, 1.165) is 27.7 Å². The predicted octanol–water partition coefficient (Wildman–Crippen LogP) is 5.29. The molecule has 0 saturated carbocycles. The second kappa shape index (κ2) is 8.29. The van der Waals surface area contributed by atoms with E-state index in [4.69, 9.17) is 9.84 Å². The zero-order valence-corrected chi connectivity index (χ0v) is 17.2. The molecule has 2 aromatic heterocycles. The summed E-state index contributed by atoms with van der Waals surface area (Å²) in [6.45, 7) is 0. The number of amides is 1. The summed E-state index contributed by atoms with van der Waals surface area (Å²) in [6, 6.07) is 15.9. The van der Waals surface area contributed by atoms with E-state index in [2.05, 4.69) is 12.1 Å². The first-order chi connectivity index (χ1) is 13.2. The maximum Gasteiger partial charge on any atom is 0.253 e. The standard InChI is InChI=1S/C20H18N2O2S3/c1-24-14-5-2-6-15(11-14)27-13-20(23)22-17(19-8-4-10-26-19)12-16(21-22)18-7-3-9-25-18/h2-11,17H,12-13H2,1H3. The van der Waals surface area contributed by atoms with Crippen LogP contribution in [0.1, 0.15) is 22.2 Å². The summed E-state index contributed by atoms with van der Waals surface area (Å²) in [5.74, 6) is 1.16. The van der Waals surface area contributed by atoms with Gasteiger partial charge in [0.15, 0.2) is 0 Å². The fourth-order valence-electron chi connectivity index (χ4n) is 2.94. The molecular formula is C20H18N2O2S3. The minimum absolute atomic E-state index is 0.0134. The highest BCUT2D eigenvalue weighted by Crippen LogP contribution is 2.36. The van der Waals surface area contributed by atoms with Gasteiger partial charge in [0.2, 0.25) is 0 Å². The molecule has 4 rings (SSSR count). The van der Waals surface area contributed by atoms with Crippen molar-refractivity contribution in [3.8, 4) is 5.75 Å². The van der Waals surface area contributed by atoms with Gasteiger partial charge in [-0.3, -0.25) is 4.79 Å². The van der Waals surface area contributed by atoms with Gasteiger partial charge in [0.1, 0.15) is 5.75 Å². The van der Waals surface area contributed by atoms with Gasteiger partial charge in [0.05, 0.1) is 29.5 Å². The molecule has 0 spiro atoms. The van der Waals surface area contributed by atoms with E-state index >= 15 is 0 Å². The van der Waals surface area contributed by atoms with Crippen LogP contribution in [0.25, 0.3) is 0 Å². The van der Waals surface area contributed by atoms with Gasteiger partial charge in [0, 0.05) is 16.2 Å². The monoisotopic (exact) mass is 414 g/mol. The number of carbonyl (C=O) groups is 1. The van der Waals surface area contributed by atoms with Crippen molar-refractivity contribution in [1.29, 1.82) is 0 Å². The summed E-state index contributed by atoms with van der Waals surface area (Å²) in [4.78, 5) is 16.3. The Hall–Kier alpha value is -2.09. The lowest BCUT2D eigenvalue weighted by Gasteiger charge is -2.20. The Morgan fingerprint density at radius 1 is 1.22 bits per heavy atom. The van der Waals surface area contributed by atoms with Gasteiger partial charge < -0.3 is 4.74 Å². The number of ether oxygens (including phenoxy) is 1. The number of carbonyl (C=O) groups excluding carboxylic acids is 1. The third-order valence-electron chi connectivity index (χ3n) is 4.25. The van der Waals surface area contributed by atoms with Crippen LogP contribution in [0.4, 0.5) is 0 Å². The van der Waals surface area contributed by atoms with E-state index in [1.165, 1.54) is 16.6 Å². The molecule has 0 N–H and O–H groups in total. The van der Waals surface area contributed by atoms with Crippen LogP contribution in [0.2, 0.25) is 0 Å². The minimum Gasteiger partial charge on any atom is -0.497 e. The van der Waals surface area contributed by atoms with Crippen LogP contribution in [-0.4, -0.2) is 29.5 Å². The summed E-state index contributed by atoms with van der Waals surface area (Å²) in [7, 11) is 1.64. The van der Waals surface area contributed by atoms with Crippen molar-refractivity contribution in [3.05, 3.63) is 69.0 Å². The lowest BCUT2D eigenvalue weighted by Crippen LogP contribution is -2.28. The highest BCUT2D eigenvalue weighted by atomic mass is 32.2. The number of hydrogen-bond donors (Lipinski definition) is 0. The van der Waals surface area contributed by atoms with Crippen molar-refractivity contribution in [1.82, 2.24) is 5.01 Å². The second-order valence-corrected chi connectivity index (χ2v) is 8.94. The Balaban J connectivity index is 1.51. The van der Waals surface area contributed by atoms with Crippen molar-refractivity contribution in [3.63, 3.8) is 0 Å². The van der Waals surface area contributed by atoms with Crippen LogP contribution >= 0.6 is 34.4 Å². The van der Waals surface area contributed by atoms with Crippen molar-refractivity contribution in [2.75, 3.05) is 12.9 Å². The molecule has 0 aliphatic carbocycles. The van der Waals surface area contributed by atoms with Gasteiger partial charge in [-0.05, 0) is 41.1 Å². The van der Waals surface area contributed by atoms with E-state index in [0.29, 0.717) is 5.75 Å². The Labute approximate surface area is 170 Å². The fraction of sp³-hybridized carbons (Fsp3) is 0.200. The summed E-state index contributed by atoms with van der Waals surface area (Å²) < 4.78 is 5.25. The highest BCUT2D eigenvalue weighted by molar-refractivity contribution is 8.00. The third-order valence-corrected chi connectivity index (χ3v) is 7.12. The first-order valence-electron chi connectivity index (χ1n) is 8.48. The fourth-order valence-corrected chi connectivity index (χ4v) is 5.27. The molecule has 0 fully saturated rings. The topological polar surface area (TPSA) is 41.9 Å². The lowest BCUT2D eigenvalue weighted by molar-refractivity contribution is -0.130. The van der Waals surface area contributed by atoms with E-state index in [1.807, 2.05) is 47.2 Å². The van der Waals surface area contributed by atoms with Crippen molar-refractivity contribution in [2.24, 2.45) is 5.10 Å². The predicted molar refractivity (Wildman–Crippen MR) is 113 cm³/mol. The average molecular weight is 415 g/mol. The molecule has 138 valence electrons. The van der Waals surface area contributed by atoms with Gasteiger partial charge in [-0.15, -0.1) is 34.4 Å². The molecule has 27 heavy (non-hydrogen) atoms. The summed E-state index contributed by atoms with van der Waals surface area (Å²) in [5.41, 5.74) is 0.989. The molecule has 4 nitrogen and oxygen atoms in total. The molecule has 1 amide bonds. The smallest absolute Gasteiger partial charge is 0.253 e. The van der Waals surface area contributed by atoms with Gasteiger partial charge >= 0.3 is 0 Å². The van der Waals surface area contributed by atoms with Gasteiger partial charge in [0.25, 0.3) is 5.91 Å². The van der Waals surface area contributed by atoms with E-state index < -0.39 is 0 Å². The number of thiophene rings is 2. The average Bonchev–Trinajstić information content (AvgIpc) is 3.46. The molecule has 0 bridgehead atoms. The molecule has 3 heterocycles. The Bertz CT molecular complexity index is 936. The summed E-state index contributed by atoms with van der Waals surface area (Å²) in [5, 5.41) is 10.5. The van der Waals surface area contributed by atoms with Crippen LogP contribution in [0.5, 0.6) is 5.75 Å². The quantitative estimate of drug-likeness (QED) is 0.515. The van der Waals surface area contributed by atoms with Gasteiger partial charge in [-0.2, -0.15) is 5.10 Å². The minimum atomic E-state index is -0.0134. The van der Waals surface area contributed by atoms with Crippen LogP contribution in [-0.2, 0) is 4.79 Å². The number of thioether (sulfide) groups is 1. The lowest BCUT2D eigenvalue weighted by atomic mass is 10.1. The van der Waals surface area contributed by atoms with Crippen LogP contribution in [0, 0.1) is 0 Å². The van der Waals surface area contributed by atoms with Crippen molar-refractivity contribution in [2.45, 2.75) is 17.4 Å². The van der Waals surface area contributed by atoms with Gasteiger partial charge in [-0.25, -0.2) is 5.01 Å². The number of methoxy groups -OCH3 is 1. The molecule has 1 atom stereocenters. The number of benzene rings is 1.